The minimum Gasteiger partial charge on any atom is -0.407 e. The molecule has 127 valence electrons. The SMILES string of the molecule is C[Si](OC(C)(C)c1ccc(C(=O)c2cccnc2)cc1)C(C)(C)C. The fourth-order valence-electron chi connectivity index (χ4n) is 2.28. The van der Waals surface area contributed by atoms with Crippen LogP contribution in [0.3, 0.4) is 0 Å². The van der Waals surface area contributed by atoms with Crippen molar-refractivity contribution in [3.63, 3.8) is 0 Å². The third-order valence-electron chi connectivity index (χ3n) is 4.23. The van der Waals surface area contributed by atoms with Gasteiger partial charge in [0.05, 0.1) is 5.60 Å². The van der Waals surface area contributed by atoms with E-state index in [4.69, 9.17) is 4.43 Å². The predicted molar refractivity (Wildman–Crippen MR) is 99.6 cm³/mol. The Morgan fingerprint density at radius 1 is 1.00 bits per heavy atom. The Kier molecular flexibility index (Phi) is 5.41. The lowest BCUT2D eigenvalue weighted by atomic mass is 9.95. The molecule has 3 nitrogen and oxygen atoms in total. The lowest BCUT2D eigenvalue weighted by Gasteiger charge is -2.35. The van der Waals surface area contributed by atoms with Gasteiger partial charge in [-0.2, -0.15) is 0 Å². The molecular weight excluding hydrogens is 314 g/mol. The van der Waals surface area contributed by atoms with Gasteiger partial charge in [-0.15, -0.1) is 0 Å². The van der Waals surface area contributed by atoms with Crippen LogP contribution in [0.4, 0.5) is 0 Å². The molecule has 24 heavy (non-hydrogen) atoms. The molecule has 0 amide bonds. The summed E-state index contributed by atoms with van der Waals surface area (Å²) in [5, 5.41) is 0.179. The second-order valence-electron chi connectivity index (χ2n) is 7.57. The van der Waals surface area contributed by atoms with Crippen LogP contribution < -0.4 is 0 Å². The van der Waals surface area contributed by atoms with Crippen molar-refractivity contribution >= 4 is 14.8 Å². The van der Waals surface area contributed by atoms with Gasteiger partial charge in [0.15, 0.2) is 5.78 Å². The maximum atomic E-state index is 12.5. The van der Waals surface area contributed by atoms with Crippen molar-refractivity contribution in [2.45, 2.75) is 51.8 Å². The van der Waals surface area contributed by atoms with Gasteiger partial charge in [-0.05, 0) is 43.1 Å². The first-order valence-electron chi connectivity index (χ1n) is 8.19. The topological polar surface area (TPSA) is 39.2 Å². The minimum atomic E-state index is -0.953. The highest BCUT2D eigenvalue weighted by Gasteiger charge is 2.31. The molecule has 0 bridgehead atoms. The zero-order valence-corrected chi connectivity index (χ0v) is 16.4. The Balaban J connectivity index is 2.18. The van der Waals surface area contributed by atoms with Gasteiger partial charge in [-0.3, -0.25) is 9.78 Å². The van der Waals surface area contributed by atoms with E-state index in [0.29, 0.717) is 11.1 Å². The Bertz CT molecular complexity index is 688. The Labute approximate surface area is 146 Å². The molecule has 1 aromatic carbocycles. The number of aromatic nitrogens is 1. The van der Waals surface area contributed by atoms with Gasteiger partial charge >= 0.3 is 0 Å². The second kappa shape index (κ2) is 6.99. The van der Waals surface area contributed by atoms with E-state index in [-0.39, 0.29) is 16.4 Å². The molecule has 0 fully saturated rings. The van der Waals surface area contributed by atoms with Gasteiger partial charge in [0.25, 0.3) is 0 Å². The van der Waals surface area contributed by atoms with E-state index < -0.39 is 9.04 Å². The third-order valence-corrected chi connectivity index (χ3v) is 7.16. The number of rotatable bonds is 5. The number of pyridine rings is 1. The van der Waals surface area contributed by atoms with E-state index in [2.05, 4.69) is 46.1 Å². The third kappa shape index (κ3) is 4.39. The number of benzene rings is 1. The van der Waals surface area contributed by atoms with Crippen molar-refractivity contribution in [2.24, 2.45) is 0 Å². The first-order chi connectivity index (χ1) is 11.1. The average molecular weight is 341 g/mol. The number of ketones is 1. The summed E-state index contributed by atoms with van der Waals surface area (Å²) in [4.78, 5) is 16.5. The summed E-state index contributed by atoms with van der Waals surface area (Å²) in [6, 6.07) is 11.3. The van der Waals surface area contributed by atoms with Gasteiger partial charge in [0.2, 0.25) is 9.04 Å². The molecular formula is C20H26NO2Si. The van der Waals surface area contributed by atoms with Crippen molar-refractivity contribution < 1.29 is 9.22 Å². The van der Waals surface area contributed by atoms with Crippen LogP contribution in [0.25, 0.3) is 0 Å². The van der Waals surface area contributed by atoms with Crippen molar-refractivity contribution in [1.82, 2.24) is 4.98 Å². The maximum Gasteiger partial charge on any atom is 0.215 e. The van der Waals surface area contributed by atoms with Gasteiger partial charge < -0.3 is 4.43 Å². The molecule has 1 heterocycles. The zero-order valence-electron chi connectivity index (χ0n) is 15.4. The standard InChI is InChI=1S/C20H26NO2Si/c1-19(2,3)24(6)23-20(4,5)17-11-9-15(10-12-17)18(22)16-8-7-13-21-14-16/h7-14H,1-6H3. The summed E-state index contributed by atoms with van der Waals surface area (Å²) in [7, 11) is -0.953. The van der Waals surface area contributed by atoms with Crippen LogP contribution >= 0.6 is 0 Å². The second-order valence-corrected chi connectivity index (χ2v) is 10.4. The molecule has 1 aromatic heterocycles. The van der Waals surface area contributed by atoms with Gasteiger partial charge in [-0.1, -0.05) is 45.0 Å². The molecule has 0 atom stereocenters. The van der Waals surface area contributed by atoms with Crippen LogP contribution in [0.2, 0.25) is 11.6 Å². The Morgan fingerprint density at radius 3 is 2.12 bits per heavy atom. The first kappa shape index (κ1) is 18.6. The van der Waals surface area contributed by atoms with E-state index >= 15 is 0 Å². The molecule has 0 saturated carbocycles. The summed E-state index contributed by atoms with van der Waals surface area (Å²) in [6.45, 7) is 13.0. The van der Waals surface area contributed by atoms with Crippen LogP contribution in [-0.4, -0.2) is 19.8 Å². The monoisotopic (exact) mass is 340 g/mol. The molecule has 4 heteroatoms. The highest BCUT2D eigenvalue weighted by molar-refractivity contribution is 6.53. The van der Waals surface area contributed by atoms with E-state index in [1.54, 1.807) is 24.5 Å². The number of hydrogen-bond donors (Lipinski definition) is 0. The van der Waals surface area contributed by atoms with Crippen molar-refractivity contribution in [3.8, 4) is 0 Å². The Morgan fingerprint density at radius 2 is 1.62 bits per heavy atom. The van der Waals surface area contributed by atoms with E-state index in [0.717, 1.165) is 5.56 Å². The lowest BCUT2D eigenvalue weighted by molar-refractivity contribution is 0.0998. The molecule has 0 saturated heterocycles. The summed E-state index contributed by atoms with van der Waals surface area (Å²) < 4.78 is 6.38. The first-order valence-corrected chi connectivity index (χ1v) is 10.1. The van der Waals surface area contributed by atoms with E-state index in [9.17, 15) is 4.79 Å². The van der Waals surface area contributed by atoms with Crippen molar-refractivity contribution in [2.75, 3.05) is 0 Å². The highest BCUT2D eigenvalue weighted by Crippen LogP contribution is 2.34. The number of carbonyl (C=O) groups is 1. The van der Waals surface area contributed by atoms with E-state index in [1.807, 2.05) is 24.3 Å². The highest BCUT2D eigenvalue weighted by atomic mass is 28.3. The predicted octanol–water partition coefficient (Wildman–Crippen LogP) is 4.99. The number of nitrogens with zero attached hydrogens (tertiary/aromatic N) is 1. The lowest BCUT2D eigenvalue weighted by Crippen LogP contribution is -2.35. The Hall–Kier alpha value is -1.78. The summed E-state index contributed by atoms with van der Waals surface area (Å²) >= 11 is 0. The number of carbonyl (C=O) groups excluding carboxylic acids is 1. The molecule has 0 aliphatic rings. The van der Waals surface area contributed by atoms with Crippen LogP contribution in [0.1, 0.15) is 56.1 Å². The van der Waals surface area contributed by atoms with Crippen molar-refractivity contribution in [1.29, 1.82) is 0 Å². The quantitative estimate of drug-likeness (QED) is 0.569. The largest absolute Gasteiger partial charge is 0.407 e. The van der Waals surface area contributed by atoms with E-state index in [1.165, 1.54) is 0 Å². The average Bonchev–Trinajstić information content (AvgIpc) is 2.54. The number of hydrogen-bond acceptors (Lipinski definition) is 3. The molecule has 2 aromatic rings. The molecule has 1 radical (unpaired) electrons. The van der Waals surface area contributed by atoms with Gasteiger partial charge in [0.1, 0.15) is 0 Å². The molecule has 0 unspecified atom stereocenters. The summed E-state index contributed by atoms with van der Waals surface area (Å²) in [5.41, 5.74) is 1.98. The molecule has 0 aliphatic heterocycles. The molecule has 0 spiro atoms. The fourth-order valence-corrected chi connectivity index (χ4v) is 3.47. The zero-order chi connectivity index (χ0) is 18.0. The van der Waals surface area contributed by atoms with Gasteiger partial charge in [0, 0.05) is 23.5 Å². The fraction of sp³-hybridized carbons (Fsp3) is 0.400. The van der Waals surface area contributed by atoms with Crippen LogP contribution in [-0.2, 0) is 10.0 Å². The molecule has 2 rings (SSSR count). The maximum absolute atomic E-state index is 12.5. The summed E-state index contributed by atoms with van der Waals surface area (Å²) in [5.74, 6) is -0.0108. The normalized spacial score (nSPS) is 12.5. The van der Waals surface area contributed by atoms with Gasteiger partial charge in [-0.25, -0.2) is 0 Å². The van der Waals surface area contributed by atoms with Crippen molar-refractivity contribution in [3.05, 3.63) is 65.5 Å². The summed E-state index contributed by atoms with van der Waals surface area (Å²) in [6.07, 6.45) is 3.26. The smallest absolute Gasteiger partial charge is 0.215 e. The van der Waals surface area contributed by atoms with Crippen LogP contribution in [0.5, 0.6) is 0 Å². The minimum absolute atomic E-state index is 0.0108. The molecule has 0 aliphatic carbocycles. The molecule has 0 N–H and O–H groups in total. The van der Waals surface area contributed by atoms with Crippen LogP contribution in [0.15, 0.2) is 48.8 Å². The van der Waals surface area contributed by atoms with Crippen LogP contribution in [0, 0.1) is 0 Å².